The van der Waals surface area contributed by atoms with Crippen LogP contribution in [0.5, 0.6) is 0 Å². The van der Waals surface area contributed by atoms with Gasteiger partial charge in [-0.15, -0.1) is 0 Å². The summed E-state index contributed by atoms with van der Waals surface area (Å²) < 4.78 is 1.66. The van der Waals surface area contributed by atoms with Crippen LogP contribution < -0.4 is 10.9 Å². The molecule has 1 amide bonds. The highest BCUT2D eigenvalue weighted by atomic mass is 32.2. The molecule has 0 fully saturated rings. The maximum absolute atomic E-state index is 12.6. The second-order valence-electron chi connectivity index (χ2n) is 7.47. The maximum Gasteiger partial charge on any atom is 0.254 e. The topological polar surface area (TPSA) is 64.0 Å². The number of thioether (sulfide) groups is 1. The number of aryl methyl sites for hydroxylation is 1. The number of fused-ring (bicyclic) bond motifs is 1. The third kappa shape index (κ3) is 3.95. The van der Waals surface area contributed by atoms with Gasteiger partial charge in [-0.25, -0.2) is 4.98 Å². The molecule has 25 heavy (non-hydrogen) atoms. The molecule has 1 unspecified atom stereocenters. The first-order chi connectivity index (χ1) is 11.7. The maximum atomic E-state index is 12.6. The first kappa shape index (κ1) is 17.7. The van der Waals surface area contributed by atoms with Crippen molar-refractivity contribution >= 4 is 23.4 Å². The summed E-state index contributed by atoms with van der Waals surface area (Å²) in [5, 5.41) is 3.63. The van der Waals surface area contributed by atoms with Gasteiger partial charge in [0.15, 0.2) is 5.16 Å². The van der Waals surface area contributed by atoms with Gasteiger partial charge in [0, 0.05) is 29.3 Å². The molecule has 1 N–H and O–H groups in total. The molecule has 0 radical (unpaired) electrons. The van der Waals surface area contributed by atoms with E-state index in [2.05, 4.69) is 10.3 Å². The Morgan fingerprint density at radius 3 is 2.80 bits per heavy atom. The molecule has 0 bridgehead atoms. The fourth-order valence-electron chi connectivity index (χ4n) is 2.84. The summed E-state index contributed by atoms with van der Waals surface area (Å²) in [6.45, 7) is 8.10. The summed E-state index contributed by atoms with van der Waals surface area (Å²) in [5.74, 6) is 0.604. The van der Waals surface area contributed by atoms with E-state index < -0.39 is 0 Å². The lowest BCUT2D eigenvalue weighted by Gasteiger charge is -2.19. The van der Waals surface area contributed by atoms with Crippen molar-refractivity contribution in [1.82, 2.24) is 9.55 Å². The van der Waals surface area contributed by atoms with Crippen LogP contribution in [0.15, 0.2) is 40.3 Å². The molecule has 2 aromatic rings. The van der Waals surface area contributed by atoms with Gasteiger partial charge in [-0.05, 0) is 24.6 Å². The van der Waals surface area contributed by atoms with Crippen molar-refractivity contribution in [2.24, 2.45) is 0 Å². The van der Waals surface area contributed by atoms with E-state index in [1.165, 1.54) is 0 Å². The smallest absolute Gasteiger partial charge is 0.254 e. The number of anilines is 1. The van der Waals surface area contributed by atoms with Crippen LogP contribution in [-0.4, -0.2) is 21.2 Å². The molecule has 1 aliphatic heterocycles. The molecule has 0 saturated carbocycles. The number of carbonyl (C=O) groups is 1. The van der Waals surface area contributed by atoms with Crippen LogP contribution in [0.3, 0.4) is 0 Å². The van der Waals surface area contributed by atoms with E-state index in [1.807, 2.05) is 52.0 Å². The standard InChI is InChI=1S/C19H23N3O2S/c1-12-6-5-7-13(8-12)20-16(23)9-14-11-25-18-21-15(19(2,3)4)10-17(24)22(14)18/h5-8,10,14H,9,11H2,1-4H3,(H,20,23). The SMILES string of the molecule is Cc1cccc(NC(=O)CC2CSc3nc(C(C)(C)C)cc(=O)n32)c1. The van der Waals surface area contributed by atoms with E-state index in [9.17, 15) is 9.59 Å². The van der Waals surface area contributed by atoms with Crippen LogP contribution in [0.1, 0.15) is 44.5 Å². The number of nitrogens with zero attached hydrogens (tertiary/aromatic N) is 2. The van der Waals surface area contributed by atoms with E-state index >= 15 is 0 Å². The minimum absolute atomic E-state index is 0.0757. The van der Waals surface area contributed by atoms with Crippen molar-refractivity contribution < 1.29 is 4.79 Å². The molecule has 5 nitrogen and oxygen atoms in total. The molecule has 1 aromatic heterocycles. The predicted molar refractivity (Wildman–Crippen MR) is 101 cm³/mol. The summed E-state index contributed by atoms with van der Waals surface area (Å²) in [6, 6.07) is 9.13. The Bertz CT molecular complexity index is 868. The molecule has 1 aromatic carbocycles. The second kappa shape index (κ2) is 6.67. The highest BCUT2D eigenvalue weighted by Gasteiger charge is 2.29. The van der Waals surface area contributed by atoms with Gasteiger partial charge in [0.25, 0.3) is 5.56 Å². The molecule has 6 heteroatoms. The average molecular weight is 357 g/mol. The molecule has 0 aliphatic carbocycles. The van der Waals surface area contributed by atoms with Crippen molar-refractivity contribution in [3.05, 3.63) is 51.9 Å². The Morgan fingerprint density at radius 2 is 2.12 bits per heavy atom. The lowest BCUT2D eigenvalue weighted by Crippen LogP contribution is -2.29. The van der Waals surface area contributed by atoms with Gasteiger partial charge >= 0.3 is 0 Å². The molecule has 0 spiro atoms. The van der Waals surface area contributed by atoms with Gasteiger partial charge in [0.05, 0.1) is 11.7 Å². The number of amides is 1. The highest BCUT2D eigenvalue weighted by Crippen LogP contribution is 2.33. The largest absolute Gasteiger partial charge is 0.326 e. The number of hydrogen-bond donors (Lipinski definition) is 1. The van der Waals surface area contributed by atoms with Gasteiger partial charge in [-0.2, -0.15) is 0 Å². The molecule has 1 aliphatic rings. The van der Waals surface area contributed by atoms with Gasteiger partial charge in [0.2, 0.25) is 5.91 Å². The number of hydrogen-bond acceptors (Lipinski definition) is 4. The minimum atomic E-state index is -0.171. The van der Waals surface area contributed by atoms with Crippen molar-refractivity contribution in [2.75, 3.05) is 11.1 Å². The fraction of sp³-hybridized carbons (Fsp3) is 0.421. The molecular formula is C19H23N3O2S. The monoisotopic (exact) mass is 357 g/mol. The van der Waals surface area contributed by atoms with Crippen molar-refractivity contribution in [3.8, 4) is 0 Å². The number of aromatic nitrogens is 2. The zero-order chi connectivity index (χ0) is 18.2. The van der Waals surface area contributed by atoms with E-state index in [4.69, 9.17) is 0 Å². The normalized spacial score (nSPS) is 16.6. The Balaban J connectivity index is 1.77. The highest BCUT2D eigenvalue weighted by molar-refractivity contribution is 7.99. The van der Waals surface area contributed by atoms with Gasteiger partial charge in [-0.1, -0.05) is 44.7 Å². The summed E-state index contributed by atoms with van der Waals surface area (Å²) in [4.78, 5) is 29.6. The van der Waals surface area contributed by atoms with E-state index in [0.29, 0.717) is 10.9 Å². The zero-order valence-corrected chi connectivity index (χ0v) is 15.8. The molecule has 2 heterocycles. The summed E-state index contributed by atoms with van der Waals surface area (Å²) in [6.07, 6.45) is 0.268. The molecule has 0 saturated heterocycles. The van der Waals surface area contributed by atoms with Crippen LogP contribution in [0.2, 0.25) is 0 Å². The number of carbonyl (C=O) groups excluding carboxylic acids is 1. The lowest BCUT2D eigenvalue weighted by molar-refractivity contribution is -0.116. The summed E-state index contributed by atoms with van der Waals surface area (Å²) >= 11 is 1.54. The Morgan fingerprint density at radius 1 is 1.36 bits per heavy atom. The lowest BCUT2D eigenvalue weighted by atomic mass is 9.92. The average Bonchev–Trinajstić information content (AvgIpc) is 2.89. The van der Waals surface area contributed by atoms with Crippen LogP contribution in [0.25, 0.3) is 0 Å². The fourth-order valence-corrected chi connectivity index (χ4v) is 3.99. The number of benzene rings is 1. The van der Waals surface area contributed by atoms with Gasteiger partial charge < -0.3 is 5.32 Å². The third-order valence-corrected chi connectivity index (χ3v) is 5.28. The number of rotatable bonds is 3. The van der Waals surface area contributed by atoms with E-state index in [0.717, 1.165) is 16.9 Å². The van der Waals surface area contributed by atoms with Crippen molar-refractivity contribution in [2.45, 2.75) is 50.7 Å². The van der Waals surface area contributed by atoms with Gasteiger partial charge in [-0.3, -0.25) is 14.2 Å². The number of nitrogens with one attached hydrogen (secondary N) is 1. The van der Waals surface area contributed by atoms with Gasteiger partial charge in [0.1, 0.15) is 0 Å². The Kier molecular flexibility index (Phi) is 4.73. The first-order valence-corrected chi connectivity index (χ1v) is 9.36. The van der Waals surface area contributed by atoms with E-state index in [1.54, 1.807) is 22.4 Å². The summed E-state index contributed by atoms with van der Waals surface area (Å²) in [5.41, 5.74) is 2.42. The van der Waals surface area contributed by atoms with Crippen LogP contribution >= 0.6 is 11.8 Å². The first-order valence-electron chi connectivity index (χ1n) is 8.37. The molecular weight excluding hydrogens is 334 g/mol. The van der Waals surface area contributed by atoms with Crippen molar-refractivity contribution in [1.29, 1.82) is 0 Å². The third-order valence-electron chi connectivity index (χ3n) is 4.18. The predicted octanol–water partition coefficient (Wildman–Crippen LogP) is 3.52. The molecule has 1 atom stereocenters. The van der Waals surface area contributed by atoms with Crippen LogP contribution in [0.4, 0.5) is 5.69 Å². The molecule has 132 valence electrons. The Hall–Kier alpha value is -2.08. The van der Waals surface area contributed by atoms with E-state index in [-0.39, 0.29) is 29.3 Å². The van der Waals surface area contributed by atoms with Crippen LogP contribution in [-0.2, 0) is 10.2 Å². The quantitative estimate of drug-likeness (QED) is 0.854. The second-order valence-corrected chi connectivity index (χ2v) is 8.46. The van der Waals surface area contributed by atoms with Crippen molar-refractivity contribution in [3.63, 3.8) is 0 Å². The Labute approximate surface area is 151 Å². The zero-order valence-electron chi connectivity index (χ0n) is 15.0. The van der Waals surface area contributed by atoms with Crippen LogP contribution in [0, 0.1) is 6.92 Å². The molecule has 3 rings (SSSR count). The minimum Gasteiger partial charge on any atom is -0.326 e. The summed E-state index contributed by atoms with van der Waals surface area (Å²) in [7, 11) is 0.